The molecule has 10 heteroatoms. The normalized spacial score (nSPS) is 17.4. The number of nitrogens with zero attached hydrogens (tertiary/aromatic N) is 4. The van der Waals surface area contributed by atoms with Gasteiger partial charge in [0.25, 0.3) is 5.56 Å². The molecule has 0 aromatic carbocycles. The number of fused-ring (bicyclic) bond motifs is 1. The lowest BCUT2D eigenvalue weighted by Gasteiger charge is -2.31. The number of amides is 2. The lowest BCUT2D eigenvalue weighted by atomic mass is 9.97. The number of nitrogens with one attached hydrogen (secondary N) is 2. The maximum atomic E-state index is 12.8. The molecule has 3 rings (SSSR count). The van der Waals surface area contributed by atoms with Gasteiger partial charge in [-0.1, -0.05) is 11.3 Å². The highest BCUT2D eigenvalue weighted by Crippen LogP contribution is 2.29. The number of piperidine rings is 1. The summed E-state index contributed by atoms with van der Waals surface area (Å²) in [5, 5.41) is 6.41. The molecule has 0 saturated carbocycles. The van der Waals surface area contributed by atoms with E-state index in [-0.39, 0.29) is 35.4 Å². The van der Waals surface area contributed by atoms with Crippen LogP contribution in [0.5, 0.6) is 0 Å². The Bertz CT molecular complexity index is 961. The van der Waals surface area contributed by atoms with E-state index in [2.05, 4.69) is 20.6 Å². The third kappa shape index (κ3) is 5.11. The molecule has 0 unspecified atom stereocenters. The lowest BCUT2D eigenvalue weighted by Crippen LogP contribution is -2.43. The molecular formula is C19H28N6O3S. The predicted molar refractivity (Wildman–Crippen MR) is 113 cm³/mol. The second kappa shape index (κ2) is 8.48. The minimum absolute atomic E-state index is 0.0589. The summed E-state index contributed by atoms with van der Waals surface area (Å²) in [4.78, 5) is 48.0. The molecule has 1 atom stereocenters. The Labute approximate surface area is 173 Å². The molecule has 1 saturated heterocycles. The fourth-order valence-corrected chi connectivity index (χ4v) is 4.38. The van der Waals surface area contributed by atoms with Gasteiger partial charge in [0, 0.05) is 25.2 Å². The molecule has 2 N–H and O–H groups in total. The third-order valence-corrected chi connectivity index (χ3v) is 5.71. The maximum Gasteiger partial charge on any atom is 0.273 e. The summed E-state index contributed by atoms with van der Waals surface area (Å²) in [7, 11) is 0. The van der Waals surface area contributed by atoms with Crippen LogP contribution in [0.1, 0.15) is 40.5 Å². The molecule has 0 radical (unpaired) electrons. The van der Waals surface area contributed by atoms with Gasteiger partial charge >= 0.3 is 0 Å². The van der Waals surface area contributed by atoms with Gasteiger partial charge in [-0.05, 0) is 40.5 Å². The number of hydrogen-bond acceptors (Lipinski definition) is 7. The molecule has 3 heterocycles. The number of aromatic nitrogens is 3. The van der Waals surface area contributed by atoms with E-state index in [1.54, 1.807) is 0 Å². The van der Waals surface area contributed by atoms with Gasteiger partial charge in [-0.25, -0.2) is 4.98 Å². The minimum atomic E-state index is -0.370. The van der Waals surface area contributed by atoms with Crippen LogP contribution in [0.2, 0.25) is 0 Å². The molecule has 1 aliphatic rings. The van der Waals surface area contributed by atoms with Gasteiger partial charge in [0.15, 0.2) is 10.8 Å². The Morgan fingerprint density at radius 1 is 1.34 bits per heavy atom. The number of hydrogen-bond donors (Lipinski definition) is 2. The monoisotopic (exact) mass is 420 g/mol. The van der Waals surface area contributed by atoms with E-state index in [0.29, 0.717) is 28.6 Å². The minimum Gasteiger partial charge on any atom is -0.356 e. The van der Waals surface area contributed by atoms with Crippen molar-refractivity contribution in [1.29, 1.82) is 0 Å². The van der Waals surface area contributed by atoms with E-state index >= 15 is 0 Å². The Hall–Kier alpha value is -2.49. The van der Waals surface area contributed by atoms with Gasteiger partial charge in [-0.2, -0.15) is 4.98 Å². The van der Waals surface area contributed by atoms with Crippen LogP contribution < -0.4 is 21.1 Å². The van der Waals surface area contributed by atoms with Crippen LogP contribution in [-0.2, 0) is 16.1 Å². The van der Waals surface area contributed by atoms with Crippen molar-refractivity contribution in [2.75, 3.05) is 24.5 Å². The van der Waals surface area contributed by atoms with E-state index in [4.69, 9.17) is 0 Å². The fourth-order valence-electron chi connectivity index (χ4n) is 3.38. The lowest BCUT2D eigenvalue weighted by molar-refractivity contribution is -0.125. The number of thiazole rings is 1. The molecule has 1 fully saturated rings. The summed E-state index contributed by atoms with van der Waals surface area (Å²) in [5.74, 6) is -0.267. The third-order valence-electron chi connectivity index (χ3n) is 4.61. The summed E-state index contributed by atoms with van der Waals surface area (Å²) < 4.78 is 1.73. The molecule has 2 aromatic heterocycles. The highest BCUT2D eigenvalue weighted by atomic mass is 32.1. The second-order valence-electron chi connectivity index (χ2n) is 8.30. The van der Waals surface area contributed by atoms with Crippen molar-refractivity contribution in [1.82, 2.24) is 25.2 Å². The first-order valence-corrected chi connectivity index (χ1v) is 10.7. The first kappa shape index (κ1) is 21.2. The summed E-state index contributed by atoms with van der Waals surface area (Å²) in [6, 6.07) is 0. The maximum absolute atomic E-state index is 12.8. The molecule has 2 amide bonds. The van der Waals surface area contributed by atoms with Gasteiger partial charge in [0.2, 0.25) is 11.8 Å². The molecule has 2 aromatic rings. The van der Waals surface area contributed by atoms with Crippen molar-refractivity contribution in [3.8, 4) is 0 Å². The van der Waals surface area contributed by atoms with E-state index in [0.717, 1.165) is 19.4 Å². The Morgan fingerprint density at radius 3 is 2.79 bits per heavy atom. The average Bonchev–Trinajstić information content (AvgIpc) is 3.08. The zero-order chi connectivity index (χ0) is 21.2. The van der Waals surface area contributed by atoms with Gasteiger partial charge in [0.05, 0.1) is 5.92 Å². The van der Waals surface area contributed by atoms with Crippen LogP contribution in [0.25, 0.3) is 10.3 Å². The van der Waals surface area contributed by atoms with Crippen molar-refractivity contribution in [2.45, 2.75) is 52.6 Å². The number of carbonyl (C=O) groups excluding carboxylic acids is 2. The number of rotatable bonds is 5. The first-order chi connectivity index (χ1) is 13.7. The van der Waals surface area contributed by atoms with Gasteiger partial charge in [-0.3, -0.25) is 19.0 Å². The molecule has 29 heavy (non-hydrogen) atoms. The van der Waals surface area contributed by atoms with Gasteiger partial charge in [-0.15, -0.1) is 0 Å². The van der Waals surface area contributed by atoms with Crippen LogP contribution in [0.4, 0.5) is 5.13 Å². The van der Waals surface area contributed by atoms with E-state index in [1.165, 1.54) is 22.2 Å². The fraction of sp³-hybridized carbons (Fsp3) is 0.632. The quantitative estimate of drug-likeness (QED) is 0.750. The molecule has 9 nitrogen and oxygen atoms in total. The number of anilines is 1. The first-order valence-electron chi connectivity index (χ1n) is 9.87. The smallest absolute Gasteiger partial charge is 0.273 e. The van der Waals surface area contributed by atoms with Crippen LogP contribution in [0.15, 0.2) is 11.1 Å². The highest BCUT2D eigenvalue weighted by Gasteiger charge is 2.27. The topological polar surface area (TPSA) is 109 Å². The van der Waals surface area contributed by atoms with Crippen LogP contribution in [0, 0.1) is 5.92 Å². The van der Waals surface area contributed by atoms with Gasteiger partial charge in [0.1, 0.15) is 17.6 Å². The van der Waals surface area contributed by atoms with Crippen molar-refractivity contribution < 1.29 is 9.59 Å². The van der Waals surface area contributed by atoms with E-state index < -0.39 is 0 Å². The van der Waals surface area contributed by atoms with E-state index in [1.807, 2.05) is 32.6 Å². The summed E-state index contributed by atoms with van der Waals surface area (Å²) in [6.07, 6.45) is 3.10. The Kier molecular flexibility index (Phi) is 6.21. The molecule has 1 aliphatic heterocycles. The van der Waals surface area contributed by atoms with Crippen LogP contribution in [-0.4, -0.2) is 51.5 Å². The van der Waals surface area contributed by atoms with Crippen molar-refractivity contribution in [3.63, 3.8) is 0 Å². The molecule has 0 bridgehead atoms. The summed E-state index contributed by atoms with van der Waals surface area (Å²) in [5.41, 5.74) is -0.271. The average molecular weight is 421 g/mol. The van der Waals surface area contributed by atoms with E-state index in [9.17, 15) is 14.4 Å². The van der Waals surface area contributed by atoms with Crippen LogP contribution >= 0.6 is 11.3 Å². The zero-order valence-electron chi connectivity index (χ0n) is 17.3. The van der Waals surface area contributed by atoms with Gasteiger partial charge < -0.3 is 15.5 Å². The zero-order valence-corrected chi connectivity index (χ0v) is 18.1. The molecular weight excluding hydrogens is 392 g/mol. The summed E-state index contributed by atoms with van der Waals surface area (Å²) >= 11 is 1.27. The Morgan fingerprint density at radius 2 is 2.10 bits per heavy atom. The SMILES string of the molecule is CCNC(=O)[C@@H]1CCCN(c2nc3ncn(CC(=O)NC(C)(C)C)c(=O)c3s2)C1. The standard InChI is InChI=1S/C19H28N6O3S/c1-5-20-16(27)12-7-6-8-24(9-12)18-22-15-14(29-18)17(28)25(11-21-15)10-13(26)23-19(2,3)4/h11-12H,5-10H2,1-4H3,(H,20,27)(H,23,26)/t12-/m1/s1. The molecule has 0 spiro atoms. The van der Waals surface area contributed by atoms with Crippen molar-refractivity contribution >= 4 is 38.6 Å². The molecule has 0 aliphatic carbocycles. The molecule has 158 valence electrons. The van der Waals surface area contributed by atoms with Crippen molar-refractivity contribution in [3.05, 3.63) is 16.7 Å². The Balaban J connectivity index is 1.80. The predicted octanol–water partition coefficient (Wildman–Crippen LogP) is 1.12. The van der Waals surface area contributed by atoms with Crippen LogP contribution in [0.3, 0.4) is 0 Å². The largest absolute Gasteiger partial charge is 0.356 e. The highest BCUT2D eigenvalue weighted by molar-refractivity contribution is 7.22. The second-order valence-corrected chi connectivity index (χ2v) is 9.28. The number of carbonyl (C=O) groups is 2. The van der Waals surface area contributed by atoms with Crippen molar-refractivity contribution in [2.24, 2.45) is 5.92 Å². The summed E-state index contributed by atoms with van der Waals surface area (Å²) in [6.45, 7) is 9.46.